The molecule has 1 spiro atoms. The van der Waals surface area contributed by atoms with Gasteiger partial charge in [-0.15, -0.1) is 0 Å². The number of carbonyl (C=O) groups is 1. The molecule has 1 aromatic carbocycles. The molecule has 4 heterocycles. The fourth-order valence-electron chi connectivity index (χ4n) is 6.66. The van der Waals surface area contributed by atoms with E-state index in [2.05, 4.69) is 36.7 Å². The van der Waals surface area contributed by atoms with E-state index in [9.17, 15) is 18.0 Å². The van der Waals surface area contributed by atoms with Crippen LogP contribution >= 0.6 is 15.9 Å². The van der Waals surface area contributed by atoms with Crippen LogP contribution in [-0.4, -0.2) is 104 Å². The number of hydrogen-bond acceptors (Lipinski definition) is 8. The molecule has 9 nitrogen and oxygen atoms in total. The van der Waals surface area contributed by atoms with Crippen LogP contribution in [0.1, 0.15) is 57.9 Å². The fraction of sp³-hybridized carbons (Fsp3) is 0.710. The molecule has 0 atom stereocenters. The summed E-state index contributed by atoms with van der Waals surface area (Å²) in [6.07, 6.45) is -1.02. The number of piperidine rings is 1. The Labute approximate surface area is 265 Å². The number of carbonyl (C=O) groups excluding carboxylic acids is 1. The van der Waals surface area contributed by atoms with Crippen molar-refractivity contribution >= 4 is 44.7 Å². The van der Waals surface area contributed by atoms with E-state index < -0.39 is 18.4 Å². The van der Waals surface area contributed by atoms with Crippen LogP contribution in [0.2, 0.25) is 0 Å². The molecule has 3 aliphatic heterocycles. The first-order chi connectivity index (χ1) is 20.6. The first kappa shape index (κ1) is 31.4. The van der Waals surface area contributed by atoms with Gasteiger partial charge in [0.15, 0.2) is 12.4 Å². The highest BCUT2D eigenvalue weighted by atomic mass is 79.9. The molecule has 4 aliphatic rings. The number of aromatic nitrogens is 2. The first-order valence-corrected chi connectivity index (χ1v) is 16.3. The van der Waals surface area contributed by atoms with Gasteiger partial charge in [0.1, 0.15) is 16.9 Å². The number of halogens is 4. The maximum Gasteiger partial charge on any atom is 0.422 e. The smallest absolute Gasteiger partial charge is 0.422 e. The molecule has 1 aliphatic carbocycles. The highest BCUT2D eigenvalue weighted by Crippen LogP contribution is 2.50. The molecule has 1 saturated carbocycles. The molecule has 2 aromatic rings. The van der Waals surface area contributed by atoms with Gasteiger partial charge in [0, 0.05) is 62.5 Å². The summed E-state index contributed by atoms with van der Waals surface area (Å²) in [6, 6.07) is 2.06. The van der Waals surface area contributed by atoms with E-state index in [1.54, 1.807) is 4.90 Å². The van der Waals surface area contributed by atoms with E-state index in [0.29, 0.717) is 34.9 Å². The van der Waals surface area contributed by atoms with Crippen molar-refractivity contribution in [2.24, 2.45) is 11.3 Å². The van der Waals surface area contributed by atoms with Crippen LogP contribution in [0.25, 0.3) is 10.9 Å². The van der Waals surface area contributed by atoms with Gasteiger partial charge < -0.3 is 29.1 Å². The lowest BCUT2D eigenvalue weighted by atomic mass is 9.72. The fourth-order valence-corrected chi connectivity index (χ4v) is 7.40. The molecule has 3 saturated heterocycles. The third kappa shape index (κ3) is 6.68. The Morgan fingerprint density at radius 3 is 2.32 bits per heavy atom. The summed E-state index contributed by atoms with van der Waals surface area (Å²) in [5.41, 5.74) is 0.859. The van der Waals surface area contributed by atoms with Gasteiger partial charge in [-0.25, -0.2) is 9.78 Å². The number of amides is 1. The second-order valence-electron chi connectivity index (χ2n) is 14.4. The molecule has 1 aromatic heterocycles. The number of benzene rings is 1. The van der Waals surface area contributed by atoms with Crippen molar-refractivity contribution in [2.75, 3.05) is 76.3 Å². The monoisotopic (exact) mass is 682 g/mol. The predicted octanol–water partition coefficient (Wildman–Crippen LogP) is 6.05. The van der Waals surface area contributed by atoms with Gasteiger partial charge in [0.2, 0.25) is 5.95 Å². The Kier molecular flexibility index (Phi) is 8.12. The lowest BCUT2D eigenvalue weighted by Crippen LogP contribution is -2.62. The Morgan fingerprint density at radius 2 is 1.75 bits per heavy atom. The van der Waals surface area contributed by atoms with Crippen LogP contribution in [0.5, 0.6) is 5.75 Å². The van der Waals surface area contributed by atoms with Crippen LogP contribution < -0.4 is 14.5 Å². The van der Waals surface area contributed by atoms with Gasteiger partial charge in [-0.3, -0.25) is 0 Å². The summed E-state index contributed by atoms with van der Waals surface area (Å²) in [4.78, 5) is 30.8. The third-order valence-corrected chi connectivity index (χ3v) is 9.79. The quantitative estimate of drug-likeness (QED) is 0.350. The summed E-state index contributed by atoms with van der Waals surface area (Å²) in [7, 11) is 4.09. The average molecular weight is 684 g/mol. The number of rotatable bonds is 7. The summed E-state index contributed by atoms with van der Waals surface area (Å²) in [5, 5.41) is 0.723. The van der Waals surface area contributed by atoms with Gasteiger partial charge in [0.05, 0.1) is 4.47 Å². The zero-order valence-corrected chi connectivity index (χ0v) is 27.7. The molecule has 242 valence electrons. The SMILES string of the molecule is CN(C)CC1CN(c2nc(N3CCC4(CC3)CN(C(=O)OC(C)(C)C)C4)c3cc(C4CC4)c(Br)c(OCC(F)(F)F)c3n2)C1. The first-order valence-electron chi connectivity index (χ1n) is 15.5. The van der Waals surface area contributed by atoms with E-state index in [-0.39, 0.29) is 23.2 Å². The molecular weight excluding hydrogens is 641 g/mol. The standard InChI is InChI=1S/C31H42BrF3N6O3/c1-29(2,3)44-28(42)41-16-30(17-41)8-10-39(11-9-30)26-22-12-21(20-6-7-20)23(32)25(43-18-31(33,34)35)24(22)36-27(37-26)40-14-19(15-40)13-38(4)5/h12,19-20H,6-11,13-18H2,1-5H3. The average Bonchev–Trinajstić information content (AvgIpc) is 3.71. The Balaban J connectivity index is 1.30. The van der Waals surface area contributed by atoms with Crippen molar-refractivity contribution in [3.63, 3.8) is 0 Å². The summed E-state index contributed by atoms with van der Waals surface area (Å²) >= 11 is 3.60. The van der Waals surface area contributed by atoms with Gasteiger partial charge >= 0.3 is 12.3 Å². The number of fused-ring (bicyclic) bond motifs is 1. The van der Waals surface area contributed by atoms with Gasteiger partial charge in [-0.1, -0.05) is 0 Å². The molecule has 0 N–H and O–H groups in total. The van der Waals surface area contributed by atoms with Crippen molar-refractivity contribution in [1.82, 2.24) is 19.8 Å². The number of alkyl halides is 3. The molecule has 0 bridgehead atoms. The number of ether oxygens (including phenoxy) is 2. The number of hydrogen-bond donors (Lipinski definition) is 0. The Bertz CT molecular complexity index is 1410. The van der Waals surface area contributed by atoms with Crippen LogP contribution in [0.15, 0.2) is 10.5 Å². The van der Waals surface area contributed by atoms with Crippen LogP contribution in [-0.2, 0) is 4.74 Å². The lowest BCUT2D eigenvalue weighted by molar-refractivity contribution is -0.153. The minimum Gasteiger partial charge on any atom is -0.481 e. The van der Waals surface area contributed by atoms with Crippen molar-refractivity contribution in [3.05, 3.63) is 16.1 Å². The van der Waals surface area contributed by atoms with Crippen molar-refractivity contribution in [3.8, 4) is 5.75 Å². The lowest BCUT2D eigenvalue weighted by Gasteiger charge is -2.53. The highest BCUT2D eigenvalue weighted by molar-refractivity contribution is 9.10. The highest BCUT2D eigenvalue weighted by Gasteiger charge is 2.48. The number of nitrogens with zero attached hydrogens (tertiary/aromatic N) is 6. The Morgan fingerprint density at radius 1 is 1.09 bits per heavy atom. The van der Waals surface area contributed by atoms with Crippen molar-refractivity contribution in [1.29, 1.82) is 0 Å². The maximum absolute atomic E-state index is 13.4. The normalized spacial score (nSPS) is 20.7. The van der Waals surface area contributed by atoms with E-state index in [0.717, 1.165) is 75.2 Å². The second-order valence-corrected chi connectivity index (χ2v) is 15.2. The summed E-state index contributed by atoms with van der Waals surface area (Å²) in [5.74, 6) is 2.14. The van der Waals surface area contributed by atoms with E-state index in [1.807, 2.05) is 34.9 Å². The summed E-state index contributed by atoms with van der Waals surface area (Å²) < 4.78 is 51.8. The molecule has 13 heteroatoms. The van der Waals surface area contributed by atoms with Crippen LogP contribution in [0, 0.1) is 11.3 Å². The third-order valence-electron chi connectivity index (χ3n) is 8.97. The second kappa shape index (κ2) is 11.4. The van der Waals surface area contributed by atoms with Gasteiger partial charge in [-0.05, 0) is 94.0 Å². The summed E-state index contributed by atoms with van der Waals surface area (Å²) in [6.45, 7) is 9.52. The molecule has 6 rings (SSSR count). The number of anilines is 2. The topological polar surface area (TPSA) is 74.3 Å². The van der Waals surface area contributed by atoms with Crippen molar-refractivity contribution in [2.45, 2.75) is 64.1 Å². The van der Waals surface area contributed by atoms with E-state index in [4.69, 9.17) is 19.4 Å². The minimum atomic E-state index is -4.48. The van der Waals surface area contributed by atoms with Gasteiger partial charge in [-0.2, -0.15) is 18.2 Å². The molecule has 1 amide bonds. The molecular formula is C31H42BrF3N6O3. The molecule has 4 fully saturated rings. The van der Waals surface area contributed by atoms with Crippen molar-refractivity contribution < 1.29 is 27.4 Å². The molecule has 44 heavy (non-hydrogen) atoms. The maximum atomic E-state index is 13.4. The minimum absolute atomic E-state index is 0.0408. The zero-order chi connectivity index (χ0) is 31.6. The van der Waals surface area contributed by atoms with Crippen LogP contribution in [0.3, 0.4) is 0 Å². The predicted molar refractivity (Wildman–Crippen MR) is 167 cm³/mol. The zero-order valence-electron chi connectivity index (χ0n) is 26.1. The molecule has 0 radical (unpaired) electrons. The van der Waals surface area contributed by atoms with Gasteiger partial charge in [0.25, 0.3) is 0 Å². The number of likely N-dealkylation sites (tertiary alicyclic amines) is 1. The Hall–Kier alpha value is -2.54. The van der Waals surface area contributed by atoms with E-state index in [1.165, 1.54) is 0 Å². The molecule has 0 unspecified atom stereocenters. The van der Waals surface area contributed by atoms with Crippen LogP contribution in [0.4, 0.5) is 29.7 Å². The largest absolute Gasteiger partial charge is 0.481 e. The van der Waals surface area contributed by atoms with E-state index >= 15 is 0 Å².